The van der Waals surface area contributed by atoms with Crippen molar-refractivity contribution >= 4 is 0 Å². The molecule has 0 amide bonds. The van der Waals surface area contributed by atoms with Crippen LogP contribution in [0.3, 0.4) is 0 Å². The predicted molar refractivity (Wildman–Crippen MR) is 36.5 cm³/mol. The fourth-order valence-electron chi connectivity index (χ4n) is 0.686. The molecule has 4 nitrogen and oxygen atoms in total. The molecule has 1 rings (SSSR count). The average Bonchev–Trinajstić information content (AvgIpc) is 1.99. The molecule has 0 aliphatic carbocycles. The van der Waals surface area contributed by atoms with E-state index in [0.29, 0.717) is 4.73 Å². The molecule has 0 saturated carbocycles. The first-order valence-electron chi connectivity index (χ1n) is 2.98. The number of hydrogen-bond acceptors (Lipinski definition) is 3. The van der Waals surface area contributed by atoms with E-state index in [1.807, 2.05) is 0 Å². The Bertz CT molecular complexity index is 305. The number of hydrogen-bond donors (Lipinski definition) is 1. The van der Waals surface area contributed by atoms with Crippen molar-refractivity contribution in [3.63, 3.8) is 0 Å². The smallest absolute Gasteiger partial charge is 0.231 e. The Labute approximate surface area is 63.5 Å². The Hall–Kier alpha value is -1.76. The molecule has 0 aliphatic heterocycles. The highest BCUT2D eigenvalue weighted by atomic mass is 16.5. The zero-order chi connectivity index (χ0) is 8.43. The minimum absolute atomic E-state index is 0.154. The second-order valence-electron chi connectivity index (χ2n) is 2.14. The number of aromatic hydroxyl groups is 1. The van der Waals surface area contributed by atoms with E-state index in [-0.39, 0.29) is 17.0 Å². The molecule has 1 aromatic rings. The summed E-state index contributed by atoms with van der Waals surface area (Å²) in [5, 5.41) is 28.2. The molecule has 0 aliphatic rings. The van der Waals surface area contributed by atoms with Crippen LogP contribution in [0.4, 0.5) is 0 Å². The zero-order valence-electron chi connectivity index (χ0n) is 5.90. The van der Waals surface area contributed by atoms with Gasteiger partial charge in [-0.15, -0.1) is 0 Å². The van der Waals surface area contributed by atoms with E-state index in [9.17, 15) is 5.21 Å². The zero-order valence-corrected chi connectivity index (χ0v) is 5.90. The van der Waals surface area contributed by atoms with Gasteiger partial charge in [-0.3, -0.25) is 0 Å². The van der Waals surface area contributed by atoms with Gasteiger partial charge in [0.15, 0.2) is 11.9 Å². The van der Waals surface area contributed by atoms with Crippen LogP contribution >= 0.6 is 0 Å². The summed E-state index contributed by atoms with van der Waals surface area (Å²) in [5.41, 5.74) is 0.354. The summed E-state index contributed by atoms with van der Waals surface area (Å²) < 4.78 is 0.466. The summed E-state index contributed by atoms with van der Waals surface area (Å²) in [7, 11) is 0. The molecule has 0 fully saturated rings. The molecular weight excluding hydrogens is 144 g/mol. The van der Waals surface area contributed by atoms with Crippen LogP contribution in [0, 0.1) is 23.5 Å². The van der Waals surface area contributed by atoms with Crippen molar-refractivity contribution in [2.45, 2.75) is 6.92 Å². The van der Waals surface area contributed by atoms with Crippen molar-refractivity contribution in [1.29, 1.82) is 5.26 Å². The summed E-state index contributed by atoms with van der Waals surface area (Å²) in [5.74, 6) is -0.154. The maximum Gasteiger partial charge on any atom is 0.231 e. The van der Waals surface area contributed by atoms with E-state index in [4.69, 9.17) is 10.4 Å². The van der Waals surface area contributed by atoms with E-state index in [1.165, 1.54) is 13.0 Å². The van der Waals surface area contributed by atoms with Gasteiger partial charge in [0.2, 0.25) is 5.69 Å². The molecule has 0 unspecified atom stereocenters. The van der Waals surface area contributed by atoms with Crippen LogP contribution in [0.2, 0.25) is 0 Å². The molecule has 0 spiro atoms. The van der Waals surface area contributed by atoms with Crippen molar-refractivity contribution < 1.29 is 9.84 Å². The summed E-state index contributed by atoms with van der Waals surface area (Å²) >= 11 is 0. The molecule has 0 aromatic carbocycles. The van der Waals surface area contributed by atoms with E-state index in [2.05, 4.69) is 0 Å². The maximum absolute atomic E-state index is 10.8. The van der Waals surface area contributed by atoms with Gasteiger partial charge < -0.3 is 10.3 Å². The van der Waals surface area contributed by atoms with Crippen molar-refractivity contribution in [3.05, 3.63) is 28.7 Å². The summed E-state index contributed by atoms with van der Waals surface area (Å²) in [6, 6.07) is 3.01. The van der Waals surface area contributed by atoms with E-state index < -0.39 is 0 Å². The topological polar surface area (TPSA) is 71.0 Å². The predicted octanol–water partition coefficient (Wildman–Crippen LogP) is 0.206. The number of nitriles is 1. The fraction of sp³-hybridized carbons (Fsp3) is 0.143. The first-order valence-corrected chi connectivity index (χ1v) is 2.98. The second kappa shape index (κ2) is 2.46. The van der Waals surface area contributed by atoms with Gasteiger partial charge in [0, 0.05) is 13.0 Å². The largest absolute Gasteiger partial charge is 0.618 e. The minimum Gasteiger partial charge on any atom is -0.618 e. The second-order valence-corrected chi connectivity index (χ2v) is 2.14. The Balaban J connectivity index is 3.35. The van der Waals surface area contributed by atoms with Gasteiger partial charge >= 0.3 is 0 Å². The lowest BCUT2D eigenvalue weighted by Gasteiger charge is -2.00. The SMILES string of the molecule is Cc1c(O)cc(C#N)c[n+]1[O-]. The van der Waals surface area contributed by atoms with Crippen molar-refractivity contribution in [2.75, 3.05) is 0 Å². The normalized spacial score (nSPS) is 9.09. The van der Waals surface area contributed by atoms with Crippen molar-refractivity contribution in [1.82, 2.24) is 0 Å². The van der Waals surface area contributed by atoms with Crippen LogP contribution in [0.15, 0.2) is 12.3 Å². The number of aromatic nitrogens is 1. The van der Waals surface area contributed by atoms with Gasteiger partial charge in [0.25, 0.3) is 0 Å². The lowest BCUT2D eigenvalue weighted by atomic mass is 10.2. The first kappa shape index (κ1) is 7.35. The lowest BCUT2D eigenvalue weighted by molar-refractivity contribution is -0.612. The molecule has 1 heterocycles. The molecule has 11 heavy (non-hydrogen) atoms. The first-order chi connectivity index (χ1) is 5.15. The molecule has 1 aromatic heterocycles. The van der Waals surface area contributed by atoms with Crippen LogP contribution in [0.25, 0.3) is 0 Å². The highest BCUT2D eigenvalue weighted by molar-refractivity contribution is 5.32. The highest BCUT2D eigenvalue weighted by Gasteiger charge is 2.07. The summed E-state index contributed by atoms with van der Waals surface area (Å²) in [6.07, 6.45) is 1.12. The van der Waals surface area contributed by atoms with Crippen LogP contribution in [-0.2, 0) is 0 Å². The summed E-state index contributed by atoms with van der Waals surface area (Å²) in [4.78, 5) is 0. The van der Waals surface area contributed by atoms with Gasteiger partial charge in [-0.1, -0.05) is 0 Å². The molecule has 1 N–H and O–H groups in total. The quantitative estimate of drug-likeness (QED) is 0.424. The molecule has 4 heteroatoms. The fourth-order valence-corrected chi connectivity index (χ4v) is 0.686. The van der Waals surface area contributed by atoms with Crippen LogP contribution in [-0.4, -0.2) is 5.11 Å². The van der Waals surface area contributed by atoms with Gasteiger partial charge in [0.05, 0.1) is 0 Å². The molecule has 0 bridgehead atoms. The highest BCUT2D eigenvalue weighted by Crippen LogP contribution is 2.11. The Kier molecular flexibility index (Phi) is 1.65. The van der Waals surface area contributed by atoms with Crippen molar-refractivity contribution in [3.8, 4) is 11.8 Å². The third kappa shape index (κ3) is 1.22. The third-order valence-electron chi connectivity index (χ3n) is 1.38. The van der Waals surface area contributed by atoms with E-state index in [1.54, 1.807) is 6.07 Å². The standard InChI is InChI=1S/C7H6N2O2/c1-5-7(10)2-6(3-8)4-9(5)11/h2,4,10H,1H3. The van der Waals surface area contributed by atoms with Crippen LogP contribution in [0.5, 0.6) is 5.75 Å². The Morgan fingerprint density at radius 3 is 2.82 bits per heavy atom. The maximum atomic E-state index is 10.8. The van der Waals surface area contributed by atoms with Crippen molar-refractivity contribution in [2.24, 2.45) is 0 Å². The number of rotatable bonds is 0. The molecule has 0 atom stereocenters. The number of nitrogens with zero attached hydrogens (tertiary/aromatic N) is 2. The van der Waals surface area contributed by atoms with Crippen LogP contribution < -0.4 is 4.73 Å². The molecule has 56 valence electrons. The van der Waals surface area contributed by atoms with E-state index >= 15 is 0 Å². The van der Waals surface area contributed by atoms with Gasteiger partial charge in [0.1, 0.15) is 11.6 Å². The Morgan fingerprint density at radius 1 is 1.73 bits per heavy atom. The third-order valence-corrected chi connectivity index (χ3v) is 1.38. The van der Waals surface area contributed by atoms with Gasteiger partial charge in [-0.25, -0.2) is 0 Å². The molecule has 0 saturated heterocycles. The molecular formula is C7H6N2O2. The lowest BCUT2D eigenvalue weighted by Crippen LogP contribution is -2.29. The van der Waals surface area contributed by atoms with Gasteiger partial charge in [-0.2, -0.15) is 9.99 Å². The molecule has 0 radical (unpaired) electrons. The summed E-state index contributed by atoms with van der Waals surface area (Å²) in [6.45, 7) is 1.48. The Morgan fingerprint density at radius 2 is 2.36 bits per heavy atom. The van der Waals surface area contributed by atoms with Gasteiger partial charge in [-0.05, 0) is 0 Å². The minimum atomic E-state index is -0.154. The number of pyridine rings is 1. The monoisotopic (exact) mass is 150 g/mol. The van der Waals surface area contributed by atoms with Crippen LogP contribution in [0.1, 0.15) is 11.3 Å². The average molecular weight is 150 g/mol. The van der Waals surface area contributed by atoms with E-state index in [0.717, 1.165) is 6.20 Å².